The Kier molecular flexibility index (Phi) is 7.17. The topological polar surface area (TPSA) is 84.6 Å². The Labute approximate surface area is 224 Å². The van der Waals surface area contributed by atoms with Crippen LogP contribution >= 0.6 is 0 Å². The minimum absolute atomic E-state index is 0. The Morgan fingerprint density at radius 3 is 2.46 bits per heavy atom. The summed E-state index contributed by atoms with van der Waals surface area (Å²) in [5, 5.41) is 13.6. The average Bonchev–Trinajstić information content (AvgIpc) is 3.20. The van der Waals surface area contributed by atoms with Crippen LogP contribution < -0.4 is 44.1 Å². The van der Waals surface area contributed by atoms with Gasteiger partial charge in [-0.3, -0.25) is 0 Å². The summed E-state index contributed by atoms with van der Waals surface area (Å²) >= 11 is 0. The number of carboxylic acid groups (broad SMARTS) is 1. The molecule has 170 valence electrons. The first-order valence-electron chi connectivity index (χ1n) is 10.9. The van der Waals surface area contributed by atoms with Crippen molar-refractivity contribution in [2.75, 3.05) is 7.11 Å². The van der Waals surface area contributed by atoms with Gasteiger partial charge in [-0.25, -0.2) is 4.98 Å². The van der Waals surface area contributed by atoms with Gasteiger partial charge in [-0.2, -0.15) is 0 Å². The molecule has 2 aromatic heterocycles. The molecule has 5 aromatic rings. The number of hydrogen-bond acceptors (Lipinski definition) is 6. The van der Waals surface area contributed by atoms with E-state index in [2.05, 4.69) is 0 Å². The molecule has 0 bridgehead atoms. The standard InChI is InChI=1S/C28H23NO5.Na/c1-16-8-13-24(33-15-18-9-11-19(32-3)12-10-18)25-21(28(30)31)14-22(29-26(16)25)27-17(2)20-6-4-5-7-23(20)34-27;/h4-14H,15H2,1-3H3,(H,30,31);/q;+1/p-1. The van der Waals surface area contributed by atoms with Crippen molar-refractivity contribution in [2.45, 2.75) is 20.5 Å². The Bertz CT molecular complexity index is 1540. The molecule has 0 unspecified atom stereocenters. The first-order chi connectivity index (χ1) is 16.5. The number of fused-ring (bicyclic) bond motifs is 2. The minimum Gasteiger partial charge on any atom is -0.545 e. The number of aryl methyl sites for hydroxylation is 2. The number of benzene rings is 3. The summed E-state index contributed by atoms with van der Waals surface area (Å²) in [6.07, 6.45) is 0. The van der Waals surface area contributed by atoms with Crippen molar-refractivity contribution >= 4 is 27.8 Å². The molecule has 0 spiro atoms. The van der Waals surface area contributed by atoms with Crippen LogP contribution in [0.25, 0.3) is 33.3 Å². The number of pyridine rings is 1. The van der Waals surface area contributed by atoms with Gasteiger partial charge in [0.25, 0.3) is 0 Å². The number of furan rings is 1. The van der Waals surface area contributed by atoms with E-state index in [1.807, 2.05) is 68.4 Å². The number of hydrogen-bond donors (Lipinski definition) is 0. The summed E-state index contributed by atoms with van der Waals surface area (Å²) in [4.78, 5) is 17.0. The number of aromatic carboxylic acids is 1. The number of rotatable bonds is 6. The molecule has 0 radical (unpaired) electrons. The molecule has 3 aromatic carbocycles. The molecule has 0 aliphatic rings. The molecular weight excluding hydrogens is 453 g/mol. The van der Waals surface area contributed by atoms with Gasteiger partial charge in [0, 0.05) is 16.5 Å². The number of ether oxygens (including phenoxy) is 2. The monoisotopic (exact) mass is 475 g/mol. The largest absolute Gasteiger partial charge is 1.00 e. The molecular formula is C28H22NNaO5. The predicted molar refractivity (Wildman–Crippen MR) is 128 cm³/mol. The van der Waals surface area contributed by atoms with E-state index in [0.717, 1.165) is 33.4 Å². The third kappa shape index (κ3) is 4.65. The van der Waals surface area contributed by atoms with Crippen LogP contribution in [0.15, 0.2) is 71.1 Å². The second kappa shape index (κ2) is 10.1. The van der Waals surface area contributed by atoms with Crippen molar-refractivity contribution in [3.8, 4) is 23.0 Å². The number of carbonyl (C=O) groups excluding carboxylic acids is 1. The number of carboxylic acids is 1. The second-order valence-electron chi connectivity index (χ2n) is 8.14. The number of methoxy groups -OCH3 is 1. The third-order valence-electron chi connectivity index (χ3n) is 5.97. The first-order valence-corrected chi connectivity index (χ1v) is 10.9. The first kappa shape index (κ1) is 24.8. The Morgan fingerprint density at radius 1 is 1.03 bits per heavy atom. The van der Waals surface area contributed by atoms with Crippen molar-refractivity contribution < 1.29 is 53.3 Å². The fraction of sp³-hybridized carbons (Fsp3) is 0.143. The van der Waals surface area contributed by atoms with Gasteiger partial charge in [-0.05, 0) is 55.3 Å². The minimum atomic E-state index is -1.30. The van der Waals surface area contributed by atoms with Gasteiger partial charge in [0.1, 0.15) is 29.4 Å². The Hall–Kier alpha value is -3.32. The van der Waals surface area contributed by atoms with Crippen molar-refractivity contribution in [3.63, 3.8) is 0 Å². The van der Waals surface area contributed by atoms with Crippen molar-refractivity contribution in [1.29, 1.82) is 0 Å². The molecule has 6 nitrogen and oxygen atoms in total. The molecule has 0 atom stereocenters. The quantitative estimate of drug-likeness (QED) is 0.350. The van der Waals surface area contributed by atoms with E-state index < -0.39 is 5.97 Å². The summed E-state index contributed by atoms with van der Waals surface area (Å²) in [6, 6.07) is 20.3. The number of para-hydroxylation sites is 1. The number of aromatic nitrogens is 1. The van der Waals surface area contributed by atoms with E-state index in [0.29, 0.717) is 28.1 Å². The smallest absolute Gasteiger partial charge is 0.545 e. The van der Waals surface area contributed by atoms with Gasteiger partial charge in [-0.1, -0.05) is 36.4 Å². The van der Waals surface area contributed by atoms with Crippen molar-refractivity contribution in [3.05, 3.63) is 89.0 Å². The summed E-state index contributed by atoms with van der Waals surface area (Å²) in [5.41, 5.74) is 4.35. The molecule has 0 amide bonds. The number of carbonyl (C=O) groups is 1. The zero-order chi connectivity index (χ0) is 23.8. The van der Waals surface area contributed by atoms with Gasteiger partial charge in [0.15, 0.2) is 5.76 Å². The molecule has 0 aliphatic carbocycles. The fourth-order valence-corrected chi connectivity index (χ4v) is 4.14. The van der Waals surface area contributed by atoms with E-state index in [9.17, 15) is 9.90 Å². The van der Waals surface area contributed by atoms with Crippen LogP contribution in [0.4, 0.5) is 0 Å². The molecule has 0 saturated carbocycles. The second-order valence-corrected chi connectivity index (χ2v) is 8.14. The van der Waals surface area contributed by atoms with Crippen molar-refractivity contribution in [2.24, 2.45) is 0 Å². The fourth-order valence-electron chi connectivity index (χ4n) is 4.14. The van der Waals surface area contributed by atoms with Crippen LogP contribution in [0, 0.1) is 13.8 Å². The summed E-state index contributed by atoms with van der Waals surface area (Å²) in [7, 11) is 1.61. The van der Waals surface area contributed by atoms with E-state index in [1.165, 1.54) is 6.07 Å². The number of nitrogens with zero attached hydrogens (tertiary/aromatic N) is 1. The SMILES string of the molecule is COc1ccc(COc2ccc(C)c3nc(-c4oc5ccccc5c4C)cc(C(=O)[O-])c23)cc1.[Na+]. The molecule has 7 heteroatoms. The van der Waals surface area contributed by atoms with E-state index in [4.69, 9.17) is 18.9 Å². The van der Waals surface area contributed by atoms with Gasteiger partial charge in [0.05, 0.1) is 24.0 Å². The van der Waals surface area contributed by atoms with Crippen LogP contribution in [0.1, 0.15) is 27.0 Å². The normalized spacial score (nSPS) is 10.8. The molecule has 5 rings (SSSR count). The molecule has 35 heavy (non-hydrogen) atoms. The Balaban J connectivity index is 0.00000289. The summed E-state index contributed by atoms with van der Waals surface area (Å²) < 4.78 is 17.3. The van der Waals surface area contributed by atoms with E-state index >= 15 is 0 Å². The van der Waals surface area contributed by atoms with Gasteiger partial charge in [0.2, 0.25) is 0 Å². The van der Waals surface area contributed by atoms with Crippen LogP contribution in [0.2, 0.25) is 0 Å². The maximum Gasteiger partial charge on any atom is 1.00 e. The molecule has 0 aliphatic heterocycles. The van der Waals surface area contributed by atoms with Crippen LogP contribution in [0.3, 0.4) is 0 Å². The molecule has 0 saturated heterocycles. The van der Waals surface area contributed by atoms with Gasteiger partial charge >= 0.3 is 29.6 Å². The van der Waals surface area contributed by atoms with Crippen LogP contribution in [0.5, 0.6) is 11.5 Å². The molecule has 2 heterocycles. The van der Waals surface area contributed by atoms with Crippen molar-refractivity contribution in [1.82, 2.24) is 4.98 Å². The molecule has 0 N–H and O–H groups in total. The summed E-state index contributed by atoms with van der Waals surface area (Å²) in [5.74, 6) is 0.411. The Morgan fingerprint density at radius 2 is 1.77 bits per heavy atom. The zero-order valence-electron chi connectivity index (χ0n) is 20.0. The van der Waals surface area contributed by atoms with Gasteiger partial charge < -0.3 is 23.8 Å². The zero-order valence-corrected chi connectivity index (χ0v) is 22.0. The van der Waals surface area contributed by atoms with Gasteiger partial charge in [-0.15, -0.1) is 0 Å². The average molecular weight is 475 g/mol. The van der Waals surface area contributed by atoms with E-state index in [-0.39, 0.29) is 41.7 Å². The van der Waals surface area contributed by atoms with Crippen LogP contribution in [-0.2, 0) is 6.61 Å². The van der Waals surface area contributed by atoms with E-state index in [1.54, 1.807) is 13.2 Å². The third-order valence-corrected chi connectivity index (χ3v) is 5.97. The molecule has 0 fully saturated rings. The maximum atomic E-state index is 12.2. The maximum absolute atomic E-state index is 12.2. The summed E-state index contributed by atoms with van der Waals surface area (Å²) in [6.45, 7) is 4.09. The van der Waals surface area contributed by atoms with Crippen LogP contribution in [-0.4, -0.2) is 18.1 Å². The predicted octanol–water partition coefficient (Wildman–Crippen LogP) is 2.22.